The number of aromatic nitrogens is 2. The molecule has 2 heterocycles. The smallest absolute Gasteiger partial charge is 0.241 e. The summed E-state index contributed by atoms with van der Waals surface area (Å²) >= 11 is 1.68. The summed E-state index contributed by atoms with van der Waals surface area (Å²) in [7, 11) is 1.61. The number of rotatable bonds is 5. The Bertz CT molecular complexity index is 506. The first-order valence-electron chi connectivity index (χ1n) is 5.70. The summed E-state index contributed by atoms with van der Waals surface area (Å²) in [6.07, 6.45) is 3.56. The molecule has 2 rings (SSSR count). The fourth-order valence-electron chi connectivity index (χ4n) is 1.61. The minimum atomic E-state index is -0.0597. The van der Waals surface area contributed by atoms with Gasteiger partial charge in [-0.1, -0.05) is 0 Å². The Morgan fingerprint density at radius 3 is 3.11 bits per heavy atom. The van der Waals surface area contributed by atoms with E-state index < -0.39 is 0 Å². The van der Waals surface area contributed by atoms with Crippen LogP contribution in [0, 0.1) is 0 Å². The van der Waals surface area contributed by atoms with E-state index in [1.165, 1.54) is 5.56 Å². The molecule has 2 N–H and O–H groups in total. The molecule has 2 aromatic rings. The van der Waals surface area contributed by atoms with Crippen LogP contribution < -0.4 is 10.6 Å². The number of nitrogens with one attached hydrogen (secondary N) is 2. The zero-order chi connectivity index (χ0) is 13.0. The molecular weight excluding hydrogens is 248 g/mol. The van der Waals surface area contributed by atoms with Crippen molar-refractivity contribution >= 4 is 22.9 Å². The molecule has 0 radical (unpaired) electrons. The third kappa shape index (κ3) is 3.10. The van der Waals surface area contributed by atoms with Crippen molar-refractivity contribution < 1.29 is 4.79 Å². The first kappa shape index (κ1) is 12.6. The second-order valence-corrected chi connectivity index (χ2v) is 4.80. The van der Waals surface area contributed by atoms with Gasteiger partial charge in [0.2, 0.25) is 5.91 Å². The number of anilines is 1. The molecule has 0 aromatic carbocycles. The quantitative estimate of drug-likeness (QED) is 0.866. The normalized spacial score (nSPS) is 12.1. The first-order chi connectivity index (χ1) is 8.69. The van der Waals surface area contributed by atoms with Crippen LogP contribution in [0.15, 0.2) is 29.2 Å². The summed E-state index contributed by atoms with van der Waals surface area (Å²) in [5, 5.41) is 14.2. The maximum Gasteiger partial charge on any atom is 0.241 e. The van der Waals surface area contributed by atoms with Crippen molar-refractivity contribution in [2.24, 2.45) is 0 Å². The summed E-state index contributed by atoms with van der Waals surface area (Å²) < 4.78 is 1.61. The second kappa shape index (κ2) is 5.68. The van der Waals surface area contributed by atoms with Gasteiger partial charge < -0.3 is 10.6 Å². The van der Waals surface area contributed by atoms with Crippen molar-refractivity contribution in [2.75, 3.05) is 12.4 Å². The van der Waals surface area contributed by atoms with E-state index >= 15 is 0 Å². The largest absolute Gasteiger partial charge is 0.376 e. The van der Waals surface area contributed by atoms with Gasteiger partial charge in [-0.25, -0.2) is 0 Å². The molecule has 0 spiro atoms. The number of carbonyl (C=O) groups excluding carboxylic acids is 1. The Morgan fingerprint density at radius 2 is 2.44 bits per heavy atom. The molecule has 0 bridgehead atoms. The van der Waals surface area contributed by atoms with E-state index in [-0.39, 0.29) is 18.5 Å². The highest BCUT2D eigenvalue weighted by Crippen LogP contribution is 2.20. The summed E-state index contributed by atoms with van der Waals surface area (Å²) in [6.45, 7) is 2.34. The topological polar surface area (TPSA) is 59.0 Å². The van der Waals surface area contributed by atoms with Gasteiger partial charge in [-0.05, 0) is 29.3 Å². The minimum Gasteiger partial charge on any atom is -0.376 e. The van der Waals surface area contributed by atoms with Gasteiger partial charge in [-0.15, -0.1) is 0 Å². The molecule has 0 aliphatic heterocycles. The highest BCUT2D eigenvalue weighted by atomic mass is 32.1. The molecule has 0 fully saturated rings. The summed E-state index contributed by atoms with van der Waals surface area (Å²) in [4.78, 5) is 11.2. The van der Waals surface area contributed by atoms with Crippen molar-refractivity contribution in [2.45, 2.75) is 19.5 Å². The number of likely N-dealkylation sites (N-methyl/N-ethyl adjacent to an activating group) is 1. The summed E-state index contributed by atoms with van der Waals surface area (Å²) in [5.41, 5.74) is 2.16. The molecule has 96 valence electrons. The highest BCUT2D eigenvalue weighted by molar-refractivity contribution is 7.07. The number of amides is 1. The van der Waals surface area contributed by atoms with E-state index in [0.29, 0.717) is 0 Å². The zero-order valence-electron chi connectivity index (χ0n) is 10.4. The van der Waals surface area contributed by atoms with Crippen LogP contribution in [0.2, 0.25) is 0 Å². The summed E-state index contributed by atoms with van der Waals surface area (Å²) in [6, 6.07) is 2.32. The third-order valence-corrected chi connectivity index (χ3v) is 3.35. The van der Waals surface area contributed by atoms with E-state index in [2.05, 4.69) is 39.5 Å². The fourth-order valence-corrected chi connectivity index (χ4v) is 2.36. The van der Waals surface area contributed by atoms with Crippen molar-refractivity contribution in [3.05, 3.63) is 34.8 Å². The van der Waals surface area contributed by atoms with Crippen LogP contribution in [0.4, 0.5) is 5.69 Å². The Morgan fingerprint density at radius 1 is 1.61 bits per heavy atom. The molecule has 0 aliphatic carbocycles. The Hall–Kier alpha value is -1.82. The van der Waals surface area contributed by atoms with Crippen molar-refractivity contribution in [1.29, 1.82) is 0 Å². The second-order valence-electron chi connectivity index (χ2n) is 4.02. The lowest BCUT2D eigenvalue weighted by atomic mass is 10.2. The van der Waals surface area contributed by atoms with Crippen LogP contribution in [0.3, 0.4) is 0 Å². The van der Waals surface area contributed by atoms with Gasteiger partial charge in [-0.3, -0.25) is 9.48 Å². The minimum absolute atomic E-state index is 0.0597. The number of thiophene rings is 1. The lowest BCUT2D eigenvalue weighted by Gasteiger charge is -2.11. The molecule has 0 saturated heterocycles. The number of hydrogen-bond acceptors (Lipinski definition) is 4. The van der Waals surface area contributed by atoms with E-state index in [9.17, 15) is 4.79 Å². The molecular formula is C12H16N4OS. The van der Waals surface area contributed by atoms with Crippen molar-refractivity contribution in [3.63, 3.8) is 0 Å². The van der Waals surface area contributed by atoms with Crippen LogP contribution in [-0.2, 0) is 11.3 Å². The standard InChI is InChI=1S/C12H16N4OS/c1-9(10-3-4-18-8-10)15-11-5-14-16(6-11)7-12(17)13-2/h3-6,8-9,15H,7H2,1-2H3,(H,13,17). The van der Waals surface area contributed by atoms with Gasteiger partial charge in [0.05, 0.1) is 11.9 Å². The van der Waals surface area contributed by atoms with Gasteiger partial charge >= 0.3 is 0 Å². The van der Waals surface area contributed by atoms with Gasteiger partial charge in [-0.2, -0.15) is 16.4 Å². The lowest BCUT2D eigenvalue weighted by Crippen LogP contribution is -2.23. The van der Waals surface area contributed by atoms with Crippen LogP contribution in [0.25, 0.3) is 0 Å². The molecule has 0 saturated carbocycles. The number of nitrogens with zero attached hydrogens (tertiary/aromatic N) is 2. The molecule has 5 nitrogen and oxygen atoms in total. The Labute approximate surface area is 110 Å². The average Bonchev–Trinajstić information content (AvgIpc) is 3.00. The average molecular weight is 264 g/mol. The number of hydrogen-bond donors (Lipinski definition) is 2. The van der Waals surface area contributed by atoms with E-state index in [1.54, 1.807) is 29.3 Å². The number of carbonyl (C=O) groups is 1. The molecule has 18 heavy (non-hydrogen) atoms. The first-order valence-corrected chi connectivity index (χ1v) is 6.65. The van der Waals surface area contributed by atoms with Crippen LogP contribution in [0.5, 0.6) is 0 Å². The molecule has 1 atom stereocenters. The van der Waals surface area contributed by atoms with E-state index in [1.807, 2.05) is 6.20 Å². The van der Waals surface area contributed by atoms with Crippen LogP contribution >= 0.6 is 11.3 Å². The molecule has 2 aromatic heterocycles. The highest BCUT2D eigenvalue weighted by Gasteiger charge is 2.08. The van der Waals surface area contributed by atoms with Gasteiger partial charge in [0.25, 0.3) is 0 Å². The van der Waals surface area contributed by atoms with Crippen molar-refractivity contribution in [1.82, 2.24) is 15.1 Å². The molecule has 1 amide bonds. The Kier molecular flexibility index (Phi) is 3.99. The fraction of sp³-hybridized carbons (Fsp3) is 0.333. The van der Waals surface area contributed by atoms with Gasteiger partial charge in [0, 0.05) is 19.3 Å². The van der Waals surface area contributed by atoms with E-state index in [0.717, 1.165) is 5.69 Å². The van der Waals surface area contributed by atoms with Crippen molar-refractivity contribution in [3.8, 4) is 0 Å². The maximum absolute atomic E-state index is 11.2. The van der Waals surface area contributed by atoms with Gasteiger partial charge in [0.15, 0.2) is 0 Å². The third-order valence-electron chi connectivity index (χ3n) is 2.64. The molecule has 6 heteroatoms. The SMILES string of the molecule is CNC(=O)Cn1cc(NC(C)c2ccsc2)cn1. The molecule has 0 aliphatic rings. The Balaban J connectivity index is 1.96. The lowest BCUT2D eigenvalue weighted by molar-refractivity contribution is -0.121. The molecule has 1 unspecified atom stereocenters. The predicted octanol–water partition coefficient (Wildman–Crippen LogP) is 1.86. The predicted molar refractivity (Wildman–Crippen MR) is 72.7 cm³/mol. The van der Waals surface area contributed by atoms with Gasteiger partial charge in [0.1, 0.15) is 6.54 Å². The monoisotopic (exact) mass is 264 g/mol. The van der Waals surface area contributed by atoms with E-state index in [4.69, 9.17) is 0 Å². The zero-order valence-corrected chi connectivity index (χ0v) is 11.2. The van der Waals surface area contributed by atoms with Crippen LogP contribution in [0.1, 0.15) is 18.5 Å². The van der Waals surface area contributed by atoms with Crippen LogP contribution in [-0.4, -0.2) is 22.7 Å². The maximum atomic E-state index is 11.2. The summed E-state index contributed by atoms with van der Waals surface area (Å²) in [5.74, 6) is -0.0597.